The minimum atomic E-state index is 0. The highest BCUT2D eigenvalue weighted by Crippen LogP contribution is 2.32. The van der Waals surface area contributed by atoms with E-state index >= 15 is 0 Å². The molecular formula is C22H30IN3O2. The summed E-state index contributed by atoms with van der Waals surface area (Å²) >= 11 is 0. The van der Waals surface area contributed by atoms with E-state index in [1.165, 1.54) is 18.4 Å². The minimum Gasteiger partial charge on any atom is -0.493 e. The van der Waals surface area contributed by atoms with Crippen molar-refractivity contribution in [3.05, 3.63) is 59.7 Å². The first-order valence-corrected chi connectivity index (χ1v) is 9.60. The Morgan fingerprint density at radius 2 is 1.64 bits per heavy atom. The molecule has 3 rings (SSSR count). The van der Waals surface area contributed by atoms with E-state index in [-0.39, 0.29) is 24.0 Å². The molecule has 0 atom stereocenters. The fraction of sp³-hybridized carbons (Fsp3) is 0.409. The van der Waals surface area contributed by atoms with Crippen LogP contribution in [0.15, 0.2) is 53.5 Å². The van der Waals surface area contributed by atoms with Crippen LogP contribution < -0.4 is 20.1 Å². The average Bonchev–Trinajstić information content (AvgIpc) is 3.22. The van der Waals surface area contributed by atoms with Gasteiger partial charge in [0.25, 0.3) is 0 Å². The van der Waals surface area contributed by atoms with Crippen LogP contribution in [0, 0.1) is 0 Å². The van der Waals surface area contributed by atoms with Gasteiger partial charge in [0.15, 0.2) is 17.5 Å². The Kier molecular flexibility index (Phi) is 9.40. The van der Waals surface area contributed by atoms with E-state index in [4.69, 9.17) is 9.47 Å². The van der Waals surface area contributed by atoms with E-state index in [9.17, 15) is 0 Å². The van der Waals surface area contributed by atoms with Crippen molar-refractivity contribution < 1.29 is 9.47 Å². The molecule has 1 aliphatic carbocycles. The van der Waals surface area contributed by atoms with Crippen LogP contribution in [0.5, 0.6) is 11.5 Å². The number of nitrogens with zero attached hydrogens (tertiary/aromatic N) is 1. The molecule has 0 aromatic heterocycles. The van der Waals surface area contributed by atoms with Crippen molar-refractivity contribution in [2.75, 3.05) is 14.2 Å². The summed E-state index contributed by atoms with van der Waals surface area (Å²) in [4.78, 5) is 4.30. The smallest absolute Gasteiger partial charge is 0.191 e. The highest BCUT2D eigenvalue weighted by Gasteiger charge is 2.18. The van der Waals surface area contributed by atoms with E-state index in [0.717, 1.165) is 42.4 Å². The van der Waals surface area contributed by atoms with Gasteiger partial charge in [0.05, 0.1) is 13.2 Å². The number of hydrogen-bond donors (Lipinski definition) is 2. The molecule has 0 radical (unpaired) electrons. The van der Waals surface area contributed by atoms with Crippen molar-refractivity contribution in [2.45, 2.75) is 44.9 Å². The standard InChI is InChI=1S/C22H29N3O2.HI/c1-23-22(24-15-17-8-4-3-5-9-17)25-16-18-12-13-20(26-2)21(14-18)27-19-10-6-7-11-19;/h3-5,8-9,12-14,19H,6-7,10-11,15-16H2,1-2H3,(H2,23,24,25);1H. The second-order valence-corrected chi connectivity index (χ2v) is 6.77. The summed E-state index contributed by atoms with van der Waals surface area (Å²) in [5.41, 5.74) is 2.35. The quantitative estimate of drug-likeness (QED) is 0.338. The van der Waals surface area contributed by atoms with Gasteiger partial charge >= 0.3 is 0 Å². The molecule has 0 bridgehead atoms. The van der Waals surface area contributed by atoms with Crippen molar-refractivity contribution >= 4 is 29.9 Å². The predicted molar refractivity (Wildman–Crippen MR) is 125 cm³/mol. The van der Waals surface area contributed by atoms with E-state index in [2.05, 4.69) is 39.9 Å². The zero-order valence-electron chi connectivity index (χ0n) is 16.6. The van der Waals surface area contributed by atoms with Crippen molar-refractivity contribution in [1.82, 2.24) is 10.6 Å². The minimum absolute atomic E-state index is 0. The number of nitrogens with one attached hydrogen (secondary N) is 2. The lowest BCUT2D eigenvalue weighted by Gasteiger charge is -2.17. The SMILES string of the molecule is CN=C(NCc1ccccc1)NCc1ccc(OC)c(OC2CCCC2)c1.I. The van der Waals surface area contributed by atoms with Crippen LogP contribution in [0.3, 0.4) is 0 Å². The number of rotatable bonds is 7. The van der Waals surface area contributed by atoms with Crippen LogP contribution in [-0.2, 0) is 13.1 Å². The molecule has 0 spiro atoms. The Bertz CT molecular complexity index is 747. The number of aliphatic imine (C=N–C) groups is 1. The zero-order chi connectivity index (χ0) is 18.9. The summed E-state index contributed by atoms with van der Waals surface area (Å²) in [7, 11) is 3.47. The molecule has 0 saturated heterocycles. The summed E-state index contributed by atoms with van der Waals surface area (Å²) in [5, 5.41) is 6.69. The molecule has 0 amide bonds. The highest BCUT2D eigenvalue weighted by molar-refractivity contribution is 14.0. The summed E-state index contributed by atoms with van der Waals surface area (Å²) in [6.07, 6.45) is 5.06. The van der Waals surface area contributed by atoms with Crippen LogP contribution in [0.4, 0.5) is 0 Å². The van der Waals surface area contributed by atoms with E-state index in [0.29, 0.717) is 12.6 Å². The first-order valence-electron chi connectivity index (χ1n) is 9.60. The Labute approximate surface area is 184 Å². The Morgan fingerprint density at radius 1 is 0.964 bits per heavy atom. The third-order valence-electron chi connectivity index (χ3n) is 4.81. The molecule has 1 aliphatic rings. The van der Waals surface area contributed by atoms with Gasteiger partial charge in [-0.1, -0.05) is 36.4 Å². The monoisotopic (exact) mass is 495 g/mol. The van der Waals surface area contributed by atoms with Crippen LogP contribution in [0.25, 0.3) is 0 Å². The van der Waals surface area contributed by atoms with Gasteiger partial charge in [-0.25, -0.2) is 0 Å². The molecule has 2 N–H and O–H groups in total. The van der Waals surface area contributed by atoms with Gasteiger partial charge in [0, 0.05) is 20.1 Å². The Hall–Kier alpha value is -1.96. The number of benzene rings is 2. The molecular weight excluding hydrogens is 465 g/mol. The highest BCUT2D eigenvalue weighted by atomic mass is 127. The van der Waals surface area contributed by atoms with Crippen LogP contribution in [-0.4, -0.2) is 26.2 Å². The van der Waals surface area contributed by atoms with Crippen LogP contribution in [0.1, 0.15) is 36.8 Å². The molecule has 5 nitrogen and oxygen atoms in total. The third kappa shape index (κ3) is 6.58. The maximum Gasteiger partial charge on any atom is 0.191 e. The fourth-order valence-electron chi connectivity index (χ4n) is 3.30. The molecule has 152 valence electrons. The van der Waals surface area contributed by atoms with Crippen molar-refractivity contribution in [3.63, 3.8) is 0 Å². The molecule has 0 aliphatic heterocycles. The van der Waals surface area contributed by atoms with Crippen molar-refractivity contribution in [3.8, 4) is 11.5 Å². The largest absolute Gasteiger partial charge is 0.493 e. The first kappa shape index (κ1) is 22.3. The molecule has 0 heterocycles. The van der Waals surface area contributed by atoms with Gasteiger partial charge in [-0.05, 0) is 48.9 Å². The lowest BCUT2D eigenvalue weighted by molar-refractivity contribution is 0.200. The van der Waals surface area contributed by atoms with Crippen molar-refractivity contribution in [2.24, 2.45) is 4.99 Å². The average molecular weight is 495 g/mol. The Morgan fingerprint density at radius 3 is 2.29 bits per heavy atom. The lowest BCUT2D eigenvalue weighted by atomic mass is 10.2. The number of halogens is 1. The molecule has 0 unspecified atom stereocenters. The second-order valence-electron chi connectivity index (χ2n) is 6.77. The molecule has 1 fully saturated rings. The zero-order valence-corrected chi connectivity index (χ0v) is 18.9. The van der Waals surface area contributed by atoms with Gasteiger partial charge in [-0.2, -0.15) is 0 Å². The topological polar surface area (TPSA) is 54.9 Å². The lowest BCUT2D eigenvalue weighted by Crippen LogP contribution is -2.36. The number of methoxy groups -OCH3 is 1. The van der Waals surface area contributed by atoms with Gasteiger partial charge in [-0.3, -0.25) is 4.99 Å². The molecule has 28 heavy (non-hydrogen) atoms. The van der Waals surface area contributed by atoms with Crippen LogP contribution >= 0.6 is 24.0 Å². The maximum absolute atomic E-state index is 6.18. The second kappa shape index (κ2) is 11.8. The van der Waals surface area contributed by atoms with Gasteiger partial charge < -0.3 is 20.1 Å². The van der Waals surface area contributed by atoms with Crippen molar-refractivity contribution in [1.29, 1.82) is 0 Å². The molecule has 1 saturated carbocycles. The normalized spacial score (nSPS) is 14.3. The fourth-order valence-corrected chi connectivity index (χ4v) is 3.30. The van der Waals surface area contributed by atoms with E-state index in [1.54, 1.807) is 14.2 Å². The summed E-state index contributed by atoms with van der Waals surface area (Å²) in [6.45, 7) is 1.40. The van der Waals surface area contributed by atoms with E-state index < -0.39 is 0 Å². The van der Waals surface area contributed by atoms with Gasteiger partial charge in [-0.15, -0.1) is 24.0 Å². The van der Waals surface area contributed by atoms with E-state index in [1.807, 2.05) is 24.3 Å². The summed E-state index contributed by atoms with van der Waals surface area (Å²) in [5.74, 6) is 2.39. The number of ether oxygens (including phenoxy) is 2. The van der Waals surface area contributed by atoms with Gasteiger partial charge in [0.2, 0.25) is 0 Å². The molecule has 6 heteroatoms. The van der Waals surface area contributed by atoms with Crippen LogP contribution in [0.2, 0.25) is 0 Å². The molecule has 2 aromatic rings. The summed E-state index contributed by atoms with van der Waals surface area (Å²) < 4.78 is 11.6. The molecule has 2 aromatic carbocycles. The number of guanidine groups is 1. The Balaban J connectivity index is 0.00000280. The predicted octanol–water partition coefficient (Wildman–Crippen LogP) is 4.50. The summed E-state index contributed by atoms with van der Waals surface area (Å²) in [6, 6.07) is 16.4. The van der Waals surface area contributed by atoms with Gasteiger partial charge in [0.1, 0.15) is 0 Å². The third-order valence-corrected chi connectivity index (χ3v) is 4.81. The number of hydrogen-bond acceptors (Lipinski definition) is 3. The first-order chi connectivity index (χ1) is 13.3. The maximum atomic E-state index is 6.18.